The molecule has 2 aliphatic heterocycles. The molecule has 0 aliphatic carbocycles. The van der Waals surface area contributed by atoms with Gasteiger partial charge in [0.15, 0.2) is 0 Å². The molecule has 2 aromatic carbocycles. The second kappa shape index (κ2) is 12.5. The number of rotatable bonds is 8. The van der Waals surface area contributed by atoms with Crippen molar-refractivity contribution in [3.8, 4) is 5.75 Å². The van der Waals surface area contributed by atoms with Crippen molar-refractivity contribution < 1.29 is 9.30 Å². The maximum atomic E-state index is 13.5. The number of methoxy groups -OCH3 is 1. The van der Waals surface area contributed by atoms with E-state index in [1.165, 1.54) is 31.6 Å². The molecule has 5 aromatic rings. The lowest BCUT2D eigenvalue weighted by molar-refractivity contribution is 0.0982. The molecule has 240 valence electrons. The molecule has 0 saturated carbocycles. The lowest BCUT2D eigenvalue weighted by Gasteiger charge is -2.42. The highest BCUT2D eigenvalue weighted by Crippen LogP contribution is 2.42. The predicted molar refractivity (Wildman–Crippen MR) is 189 cm³/mol. The smallest absolute Gasteiger partial charge is 0.144 e. The normalized spacial score (nSPS) is 17.1. The third-order valence-corrected chi connectivity index (χ3v) is 10.8. The highest BCUT2D eigenvalue weighted by atomic mass is 31.2. The number of benzene rings is 2. The van der Waals surface area contributed by atoms with Crippen LogP contribution in [0.3, 0.4) is 0 Å². The molecule has 0 spiro atoms. The minimum atomic E-state index is -2.72. The Morgan fingerprint density at radius 1 is 0.891 bits per heavy atom. The number of piperazine rings is 1. The molecule has 46 heavy (non-hydrogen) atoms. The molecule has 0 radical (unpaired) electrons. The van der Waals surface area contributed by atoms with Crippen molar-refractivity contribution in [1.82, 2.24) is 29.7 Å². The average Bonchev–Trinajstić information content (AvgIpc) is 3.54. The zero-order valence-corrected chi connectivity index (χ0v) is 27.8. The van der Waals surface area contributed by atoms with Gasteiger partial charge in [0, 0.05) is 87.1 Å². The molecule has 3 aromatic heterocycles. The van der Waals surface area contributed by atoms with Crippen molar-refractivity contribution in [3.05, 3.63) is 61.1 Å². The first-order valence-electron chi connectivity index (χ1n) is 15.9. The topological polar surface area (TPSA) is 115 Å². The number of nitrogens with one attached hydrogen (secondary N) is 3. The number of H-pyrrole nitrogens is 1. The number of hydrogen-bond acceptors (Lipinski definition) is 10. The number of ether oxygens (including phenoxy) is 1. The summed E-state index contributed by atoms with van der Waals surface area (Å²) in [6.45, 7) is 10.3. The van der Waals surface area contributed by atoms with E-state index in [1.54, 1.807) is 32.8 Å². The Morgan fingerprint density at radius 2 is 1.65 bits per heavy atom. The van der Waals surface area contributed by atoms with Crippen molar-refractivity contribution >= 4 is 63.1 Å². The average molecular weight is 640 g/mol. The second-order valence-corrected chi connectivity index (χ2v) is 15.9. The SMILES string of the molecule is COc1cc(N2CCC(N3CCN(C)CC3)CC2)ccc1Nc1cc(Nc2ccc3nccnc3c2P(C)(C)=O)c2cc[nH]c2n1. The van der Waals surface area contributed by atoms with Gasteiger partial charge >= 0.3 is 0 Å². The third-order valence-electron chi connectivity index (χ3n) is 9.28. The lowest BCUT2D eigenvalue weighted by atomic mass is 10.0. The number of fused-ring (bicyclic) bond motifs is 2. The highest BCUT2D eigenvalue weighted by molar-refractivity contribution is 7.71. The van der Waals surface area contributed by atoms with Crippen LogP contribution in [0.4, 0.5) is 28.6 Å². The second-order valence-electron chi connectivity index (χ2n) is 12.7. The molecular weight excluding hydrogens is 597 g/mol. The van der Waals surface area contributed by atoms with Gasteiger partial charge in [0.05, 0.1) is 35.0 Å². The Morgan fingerprint density at radius 3 is 2.41 bits per heavy atom. The molecule has 0 amide bonds. The first-order chi connectivity index (χ1) is 22.3. The third kappa shape index (κ3) is 6.15. The van der Waals surface area contributed by atoms with Crippen LogP contribution in [-0.2, 0) is 4.57 Å². The molecule has 5 heterocycles. The fourth-order valence-electron chi connectivity index (χ4n) is 6.81. The van der Waals surface area contributed by atoms with Crippen molar-refractivity contribution in [2.24, 2.45) is 0 Å². The summed E-state index contributed by atoms with van der Waals surface area (Å²) in [7, 11) is 1.20. The van der Waals surface area contributed by atoms with Gasteiger partial charge < -0.3 is 34.7 Å². The van der Waals surface area contributed by atoms with E-state index in [2.05, 4.69) is 65.5 Å². The minimum absolute atomic E-state index is 0.645. The fraction of sp³-hybridized carbons (Fsp3) is 0.382. The molecule has 0 atom stereocenters. The van der Waals surface area contributed by atoms with Gasteiger partial charge in [-0.15, -0.1) is 0 Å². The first-order valence-corrected chi connectivity index (χ1v) is 18.5. The quantitative estimate of drug-likeness (QED) is 0.189. The number of pyridine rings is 1. The van der Waals surface area contributed by atoms with Gasteiger partial charge in [0.2, 0.25) is 0 Å². The number of hydrogen-bond donors (Lipinski definition) is 3. The van der Waals surface area contributed by atoms with E-state index in [0.29, 0.717) is 28.2 Å². The molecule has 3 N–H and O–H groups in total. The maximum absolute atomic E-state index is 13.5. The summed E-state index contributed by atoms with van der Waals surface area (Å²) in [4.78, 5) is 24.6. The number of nitrogens with zero attached hydrogens (tertiary/aromatic N) is 6. The van der Waals surface area contributed by atoms with Gasteiger partial charge in [-0.2, -0.15) is 0 Å². The minimum Gasteiger partial charge on any atom is -0.494 e. The van der Waals surface area contributed by atoms with E-state index < -0.39 is 7.14 Å². The van der Waals surface area contributed by atoms with Crippen LogP contribution in [0.1, 0.15) is 12.8 Å². The van der Waals surface area contributed by atoms with Gasteiger partial charge in [0.25, 0.3) is 0 Å². The predicted octanol–water partition coefficient (Wildman–Crippen LogP) is 5.47. The zero-order chi connectivity index (χ0) is 31.8. The van der Waals surface area contributed by atoms with Gasteiger partial charge in [0.1, 0.15) is 29.9 Å². The Labute approximate surface area is 269 Å². The molecule has 0 bridgehead atoms. The van der Waals surface area contributed by atoms with Crippen molar-refractivity contribution in [3.63, 3.8) is 0 Å². The summed E-state index contributed by atoms with van der Waals surface area (Å²) >= 11 is 0. The molecule has 0 unspecified atom stereocenters. The van der Waals surface area contributed by atoms with E-state index in [1.807, 2.05) is 30.5 Å². The summed E-state index contributed by atoms with van der Waals surface area (Å²) in [5.41, 5.74) is 5.65. The van der Waals surface area contributed by atoms with E-state index in [4.69, 9.17) is 9.72 Å². The lowest BCUT2D eigenvalue weighted by Crippen LogP contribution is -2.52. The van der Waals surface area contributed by atoms with Crippen LogP contribution in [-0.4, -0.2) is 103 Å². The van der Waals surface area contributed by atoms with E-state index >= 15 is 0 Å². The van der Waals surface area contributed by atoms with E-state index in [-0.39, 0.29) is 0 Å². The molecule has 2 saturated heterocycles. The molecular formula is C34H42N9O2P. The van der Waals surface area contributed by atoms with Gasteiger partial charge in [-0.3, -0.25) is 14.9 Å². The van der Waals surface area contributed by atoms with E-state index in [0.717, 1.165) is 60.0 Å². The number of aromatic nitrogens is 4. The summed E-state index contributed by atoms with van der Waals surface area (Å²) < 4.78 is 19.4. The zero-order valence-electron chi connectivity index (χ0n) is 27.0. The van der Waals surface area contributed by atoms with E-state index in [9.17, 15) is 4.57 Å². The Balaban J connectivity index is 1.12. The molecule has 2 fully saturated rings. The monoisotopic (exact) mass is 639 g/mol. The van der Waals surface area contributed by atoms with Gasteiger partial charge in [-0.25, -0.2) is 4.98 Å². The summed E-state index contributed by atoms with van der Waals surface area (Å²) in [5, 5.41) is 8.64. The van der Waals surface area contributed by atoms with Gasteiger partial charge in [-0.05, 0) is 63.6 Å². The van der Waals surface area contributed by atoms with Crippen LogP contribution in [0.25, 0.3) is 22.1 Å². The number of anilines is 5. The molecule has 11 nitrogen and oxygen atoms in total. The van der Waals surface area contributed by atoms with Crippen molar-refractivity contribution in [2.75, 3.05) is 82.3 Å². The summed E-state index contributed by atoms with van der Waals surface area (Å²) in [6.07, 6.45) is 7.52. The maximum Gasteiger partial charge on any atom is 0.144 e. The standard InChI is InChI=1S/C34H42N9O2P/c1-41-17-19-43(20-18-41)23-10-15-42(16-11-23)24-5-6-26(30(21-24)45-2)39-31-22-29(25-9-12-37-34(25)40-31)38-28-8-7-27-32(36-14-13-35-27)33(28)46(3,4)44/h5-9,12-14,21-23H,10-11,15-20H2,1-4H3,(H3,37,38,39,40). The van der Waals surface area contributed by atoms with Crippen LogP contribution >= 0.6 is 7.14 Å². The Kier molecular flexibility index (Phi) is 8.31. The molecule has 12 heteroatoms. The first kappa shape index (κ1) is 30.5. The van der Waals surface area contributed by atoms with Crippen LogP contribution in [0.5, 0.6) is 5.75 Å². The Hall–Kier alpha value is -4.18. The highest BCUT2D eigenvalue weighted by Gasteiger charge is 2.27. The summed E-state index contributed by atoms with van der Waals surface area (Å²) in [6, 6.07) is 14.8. The molecule has 7 rings (SSSR count). The van der Waals surface area contributed by atoms with Crippen molar-refractivity contribution in [2.45, 2.75) is 18.9 Å². The Bertz CT molecular complexity index is 1910. The summed E-state index contributed by atoms with van der Waals surface area (Å²) in [5.74, 6) is 1.41. The largest absolute Gasteiger partial charge is 0.494 e. The van der Waals surface area contributed by atoms with Gasteiger partial charge in [-0.1, -0.05) is 0 Å². The van der Waals surface area contributed by atoms with Crippen LogP contribution in [0.2, 0.25) is 0 Å². The number of likely N-dealkylation sites (N-methyl/N-ethyl adjacent to an activating group) is 1. The molecule has 2 aliphatic rings. The van der Waals surface area contributed by atoms with Crippen molar-refractivity contribution in [1.29, 1.82) is 0 Å². The van der Waals surface area contributed by atoms with Crippen LogP contribution < -0.4 is 25.6 Å². The fourth-order valence-corrected chi connectivity index (χ4v) is 8.21. The number of piperidine rings is 1. The van der Waals surface area contributed by atoms with Crippen LogP contribution in [0.15, 0.2) is 61.1 Å². The van der Waals surface area contributed by atoms with Crippen LogP contribution in [0, 0.1) is 0 Å². The number of aromatic amines is 1.